The summed E-state index contributed by atoms with van der Waals surface area (Å²) >= 11 is 1.65. The maximum Gasteiger partial charge on any atom is 0.268 e. The highest BCUT2D eigenvalue weighted by Gasteiger charge is 2.15. The summed E-state index contributed by atoms with van der Waals surface area (Å²) in [5, 5.41) is 7.07. The first-order valence-corrected chi connectivity index (χ1v) is 7.41. The van der Waals surface area contributed by atoms with E-state index >= 15 is 0 Å². The number of ketones is 1. The van der Waals surface area contributed by atoms with E-state index in [1.165, 1.54) is 12.5 Å². The second kappa shape index (κ2) is 6.05. The third-order valence-corrected chi connectivity index (χ3v) is 3.88. The standard InChI is InChI=1S/C15H18N2O2S/c1-10(6-12-4-5-20-9-12)16-15(19)14-7-13(11(2)18)8-17(14)3/h4-5,7-10H,6H2,1-3H3,(H,16,19)/t10-/m0/s1. The first kappa shape index (κ1) is 14.5. The van der Waals surface area contributed by atoms with Crippen LogP contribution in [-0.4, -0.2) is 22.3 Å². The summed E-state index contributed by atoms with van der Waals surface area (Å²) in [6.45, 7) is 3.47. The van der Waals surface area contributed by atoms with Gasteiger partial charge in [0, 0.05) is 24.8 Å². The van der Waals surface area contributed by atoms with E-state index < -0.39 is 0 Å². The number of carbonyl (C=O) groups excluding carboxylic acids is 2. The van der Waals surface area contributed by atoms with Crippen LogP contribution >= 0.6 is 11.3 Å². The van der Waals surface area contributed by atoms with Crippen molar-refractivity contribution in [3.05, 3.63) is 45.9 Å². The largest absolute Gasteiger partial charge is 0.348 e. The van der Waals surface area contributed by atoms with E-state index in [4.69, 9.17) is 0 Å². The van der Waals surface area contributed by atoms with Gasteiger partial charge in [0.2, 0.25) is 0 Å². The number of nitrogens with one attached hydrogen (secondary N) is 1. The Hall–Kier alpha value is -1.88. The third kappa shape index (κ3) is 3.36. The van der Waals surface area contributed by atoms with E-state index in [1.54, 1.807) is 35.2 Å². The molecule has 106 valence electrons. The molecule has 0 fully saturated rings. The van der Waals surface area contributed by atoms with E-state index in [0.717, 1.165) is 6.42 Å². The molecule has 1 N–H and O–H groups in total. The maximum atomic E-state index is 12.2. The third-order valence-electron chi connectivity index (χ3n) is 3.14. The molecular weight excluding hydrogens is 272 g/mol. The summed E-state index contributed by atoms with van der Waals surface area (Å²) in [5.41, 5.74) is 2.29. The number of aryl methyl sites for hydroxylation is 1. The van der Waals surface area contributed by atoms with Gasteiger partial charge >= 0.3 is 0 Å². The Morgan fingerprint density at radius 2 is 2.20 bits per heavy atom. The van der Waals surface area contributed by atoms with E-state index in [0.29, 0.717) is 11.3 Å². The van der Waals surface area contributed by atoms with Crippen LogP contribution in [0.5, 0.6) is 0 Å². The van der Waals surface area contributed by atoms with Crippen molar-refractivity contribution >= 4 is 23.0 Å². The molecule has 0 radical (unpaired) electrons. The number of thiophene rings is 1. The van der Waals surface area contributed by atoms with Crippen LogP contribution in [0.1, 0.15) is 40.3 Å². The van der Waals surface area contributed by atoms with Crippen molar-refractivity contribution in [1.82, 2.24) is 9.88 Å². The average molecular weight is 290 g/mol. The number of hydrogen-bond donors (Lipinski definition) is 1. The Balaban J connectivity index is 2.02. The lowest BCUT2D eigenvalue weighted by atomic mass is 10.1. The predicted octanol–water partition coefficient (Wildman–Crippen LogP) is 2.65. The number of nitrogens with zero attached hydrogens (tertiary/aromatic N) is 1. The minimum atomic E-state index is -0.150. The average Bonchev–Trinajstić information content (AvgIpc) is 2.98. The zero-order chi connectivity index (χ0) is 14.7. The van der Waals surface area contributed by atoms with Gasteiger partial charge < -0.3 is 9.88 Å². The van der Waals surface area contributed by atoms with E-state index in [9.17, 15) is 9.59 Å². The Morgan fingerprint density at radius 3 is 2.75 bits per heavy atom. The number of hydrogen-bond acceptors (Lipinski definition) is 3. The highest BCUT2D eigenvalue weighted by atomic mass is 32.1. The van der Waals surface area contributed by atoms with Crippen LogP contribution in [0.15, 0.2) is 29.1 Å². The lowest BCUT2D eigenvalue weighted by Crippen LogP contribution is -2.34. The second-order valence-electron chi connectivity index (χ2n) is 4.99. The summed E-state index contributed by atoms with van der Waals surface area (Å²) < 4.78 is 1.68. The van der Waals surface area contributed by atoms with Crippen LogP contribution in [0.2, 0.25) is 0 Å². The molecule has 0 aliphatic rings. The summed E-state index contributed by atoms with van der Waals surface area (Å²) in [6.07, 6.45) is 2.49. The fraction of sp³-hybridized carbons (Fsp3) is 0.333. The highest BCUT2D eigenvalue weighted by molar-refractivity contribution is 7.07. The molecule has 0 aliphatic heterocycles. The van der Waals surface area contributed by atoms with Gasteiger partial charge in [-0.2, -0.15) is 11.3 Å². The molecule has 2 aromatic rings. The van der Waals surface area contributed by atoms with Crippen LogP contribution in [0.4, 0.5) is 0 Å². The molecule has 0 bridgehead atoms. The maximum absolute atomic E-state index is 12.2. The number of aromatic nitrogens is 1. The number of carbonyl (C=O) groups is 2. The van der Waals surface area contributed by atoms with Gasteiger partial charge in [0.05, 0.1) is 0 Å². The molecule has 2 heterocycles. The minimum absolute atomic E-state index is 0.0361. The monoisotopic (exact) mass is 290 g/mol. The zero-order valence-corrected chi connectivity index (χ0v) is 12.7. The number of amides is 1. The van der Waals surface area contributed by atoms with Gasteiger partial charge in [0.15, 0.2) is 5.78 Å². The molecule has 2 rings (SSSR count). The van der Waals surface area contributed by atoms with Crippen LogP contribution < -0.4 is 5.32 Å². The molecule has 1 atom stereocenters. The van der Waals surface area contributed by atoms with Crippen molar-refractivity contribution in [2.24, 2.45) is 7.05 Å². The van der Waals surface area contributed by atoms with Gasteiger partial charge in [-0.3, -0.25) is 9.59 Å². The first-order chi connectivity index (χ1) is 9.47. The van der Waals surface area contributed by atoms with Crippen LogP contribution in [0.3, 0.4) is 0 Å². The summed E-state index contributed by atoms with van der Waals surface area (Å²) in [7, 11) is 1.77. The Kier molecular flexibility index (Phi) is 4.39. The highest BCUT2D eigenvalue weighted by Crippen LogP contribution is 2.11. The van der Waals surface area contributed by atoms with Gasteiger partial charge in [-0.25, -0.2) is 0 Å². The van der Waals surface area contributed by atoms with Gasteiger partial charge in [0.1, 0.15) is 5.69 Å². The van der Waals surface area contributed by atoms with Gasteiger partial charge in [-0.05, 0) is 48.7 Å². The smallest absolute Gasteiger partial charge is 0.268 e. The summed E-state index contributed by atoms with van der Waals surface area (Å²) in [4.78, 5) is 23.5. The van der Waals surface area contributed by atoms with Crippen LogP contribution in [0.25, 0.3) is 0 Å². The van der Waals surface area contributed by atoms with Gasteiger partial charge in [0.25, 0.3) is 5.91 Å². The molecule has 1 amide bonds. The molecule has 0 unspecified atom stereocenters. The Morgan fingerprint density at radius 1 is 1.45 bits per heavy atom. The van der Waals surface area contributed by atoms with E-state index in [-0.39, 0.29) is 17.7 Å². The summed E-state index contributed by atoms with van der Waals surface area (Å²) in [6, 6.07) is 3.74. The van der Waals surface area contributed by atoms with E-state index in [2.05, 4.69) is 16.8 Å². The quantitative estimate of drug-likeness (QED) is 0.861. The fourth-order valence-electron chi connectivity index (χ4n) is 2.09. The predicted molar refractivity (Wildman–Crippen MR) is 80.4 cm³/mol. The Bertz CT molecular complexity index is 614. The molecule has 0 aliphatic carbocycles. The van der Waals surface area contributed by atoms with Crippen molar-refractivity contribution in [1.29, 1.82) is 0 Å². The fourth-order valence-corrected chi connectivity index (χ4v) is 2.78. The lowest BCUT2D eigenvalue weighted by molar-refractivity contribution is 0.0931. The molecule has 4 nitrogen and oxygen atoms in total. The van der Waals surface area contributed by atoms with Gasteiger partial charge in [-0.15, -0.1) is 0 Å². The molecule has 0 spiro atoms. The minimum Gasteiger partial charge on any atom is -0.348 e. The second-order valence-corrected chi connectivity index (χ2v) is 5.77. The van der Waals surface area contributed by atoms with E-state index in [1.807, 2.05) is 12.3 Å². The van der Waals surface area contributed by atoms with Crippen LogP contribution in [0, 0.1) is 0 Å². The van der Waals surface area contributed by atoms with Crippen molar-refractivity contribution in [3.8, 4) is 0 Å². The number of Topliss-reactive ketones (excluding diaryl/α,β-unsaturated/α-hetero) is 1. The van der Waals surface area contributed by atoms with Crippen molar-refractivity contribution in [3.63, 3.8) is 0 Å². The Labute approximate surface area is 122 Å². The molecule has 0 saturated heterocycles. The zero-order valence-electron chi connectivity index (χ0n) is 11.8. The topological polar surface area (TPSA) is 51.1 Å². The molecule has 20 heavy (non-hydrogen) atoms. The van der Waals surface area contributed by atoms with Crippen molar-refractivity contribution in [2.75, 3.05) is 0 Å². The molecular formula is C15H18N2O2S. The SMILES string of the molecule is CC(=O)c1cc(C(=O)N[C@@H](C)Cc2ccsc2)n(C)c1. The van der Waals surface area contributed by atoms with Gasteiger partial charge in [-0.1, -0.05) is 0 Å². The molecule has 2 aromatic heterocycles. The molecule has 5 heteroatoms. The van der Waals surface area contributed by atoms with Crippen LogP contribution in [-0.2, 0) is 13.5 Å². The lowest BCUT2D eigenvalue weighted by Gasteiger charge is -2.13. The normalized spacial score (nSPS) is 12.2. The first-order valence-electron chi connectivity index (χ1n) is 6.46. The van der Waals surface area contributed by atoms with Crippen molar-refractivity contribution in [2.45, 2.75) is 26.3 Å². The summed E-state index contributed by atoms with van der Waals surface area (Å²) in [5.74, 6) is -0.186. The number of rotatable bonds is 5. The van der Waals surface area contributed by atoms with Crippen molar-refractivity contribution < 1.29 is 9.59 Å². The molecule has 0 aromatic carbocycles. The molecule has 0 saturated carbocycles.